The molecule has 2 heterocycles. The largest absolute Gasteiger partial charge is 0.339 e. The van der Waals surface area contributed by atoms with Crippen LogP contribution in [0.4, 0.5) is 5.95 Å². The monoisotopic (exact) mass is 260 g/mol. The summed E-state index contributed by atoms with van der Waals surface area (Å²) in [6.07, 6.45) is 6.82. The molecule has 1 aromatic rings. The maximum atomic E-state index is 6.05. The summed E-state index contributed by atoms with van der Waals surface area (Å²) in [5, 5.41) is 0. The highest BCUT2D eigenvalue weighted by molar-refractivity contribution is 5.37. The van der Waals surface area contributed by atoms with Crippen LogP contribution in [0, 0.1) is 0 Å². The number of nitrogens with zero attached hydrogens (tertiary/aromatic N) is 3. The van der Waals surface area contributed by atoms with Crippen LogP contribution in [0.3, 0.4) is 0 Å². The summed E-state index contributed by atoms with van der Waals surface area (Å²) in [5.41, 5.74) is 8.67. The van der Waals surface area contributed by atoms with Crippen LogP contribution in [0.2, 0.25) is 0 Å². The average Bonchev–Trinajstić information content (AvgIpc) is 2.43. The maximum absolute atomic E-state index is 6.05. The Balaban J connectivity index is 1.89. The van der Waals surface area contributed by atoms with Gasteiger partial charge in [-0.15, -0.1) is 0 Å². The second-order valence-electron chi connectivity index (χ2n) is 6.24. The van der Waals surface area contributed by atoms with E-state index in [4.69, 9.17) is 10.7 Å². The summed E-state index contributed by atoms with van der Waals surface area (Å²) in [5.74, 6) is 2.05. The molecule has 0 bridgehead atoms. The minimum atomic E-state index is 0.268. The van der Waals surface area contributed by atoms with Gasteiger partial charge in [-0.3, -0.25) is 0 Å². The number of piperidine rings is 1. The quantitative estimate of drug-likeness (QED) is 0.842. The van der Waals surface area contributed by atoms with Crippen molar-refractivity contribution >= 4 is 5.95 Å². The van der Waals surface area contributed by atoms with Crippen LogP contribution < -0.4 is 10.6 Å². The van der Waals surface area contributed by atoms with Crippen molar-refractivity contribution in [2.24, 2.45) is 5.73 Å². The fraction of sp³-hybridized carbons (Fsp3) is 0.733. The Labute approximate surface area is 115 Å². The van der Waals surface area contributed by atoms with E-state index in [9.17, 15) is 0 Å². The second-order valence-corrected chi connectivity index (χ2v) is 6.24. The van der Waals surface area contributed by atoms with Crippen LogP contribution in [0.15, 0.2) is 6.20 Å². The van der Waals surface area contributed by atoms with Gasteiger partial charge in [0.05, 0.1) is 5.69 Å². The van der Waals surface area contributed by atoms with E-state index < -0.39 is 0 Å². The summed E-state index contributed by atoms with van der Waals surface area (Å²) < 4.78 is 0. The molecular weight excluding hydrogens is 236 g/mol. The lowest BCUT2D eigenvalue weighted by molar-refractivity contribution is 0.489. The zero-order valence-electron chi connectivity index (χ0n) is 12.0. The SMILES string of the molecule is CC1CCC(C)c2nc(N3CCCC(N)C3)ncc21. The van der Waals surface area contributed by atoms with E-state index in [1.807, 2.05) is 0 Å². The highest BCUT2D eigenvalue weighted by atomic mass is 15.3. The number of fused-ring (bicyclic) bond motifs is 1. The first kappa shape index (κ1) is 12.9. The number of aromatic nitrogens is 2. The fourth-order valence-corrected chi connectivity index (χ4v) is 3.31. The third-order valence-electron chi connectivity index (χ3n) is 4.61. The predicted octanol–water partition coefficient (Wildman–Crippen LogP) is 2.40. The molecular formula is C15H24N4. The molecule has 0 amide bonds. The summed E-state index contributed by atoms with van der Waals surface area (Å²) in [7, 11) is 0. The smallest absolute Gasteiger partial charge is 0.225 e. The lowest BCUT2D eigenvalue weighted by Gasteiger charge is -2.32. The number of hydrogen-bond donors (Lipinski definition) is 1. The first-order chi connectivity index (χ1) is 9.15. The van der Waals surface area contributed by atoms with Crippen molar-refractivity contribution in [3.63, 3.8) is 0 Å². The van der Waals surface area contributed by atoms with Crippen molar-refractivity contribution in [2.45, 2.75) is 57.4 Å². The molecule has 1 aliphatic heterocycles. The summed E-state index contributed by atoms with van der Waals surface area (Å²) in [6.45, 7) is 6.49. The Bertz CT molecular complexity index is 459. The third-order valence-corrected chi connectivity index (χ3v) is 4.61. The summed E-state index contributed by atoms with van der Waals surface area (Å²) >= 11 is 0. The molecule has 3 unspecified atom stereocenters. The molecule has 19 heavy (non-hydrogen) atoms. The van der Waals surface area contributed by atoms with Gasteiger partial charge in [0, 0.05) is 25.3 Å². The topological polar surface area (TPSA) is 55.0 Å². The molecule has 1 aromatic heterocycles. The van der Waals surface area contributed by atoms with Crippen LogP contribution in [0.1, 0.15) is 62.6 Å². The van der Waals surface area contributed by atoms with Gasteiger partial charge in [-0.25, -0.2) is 9.97 Å². The van der Waals surface area contributed by atoms with Gasteiger partial charge in [0.1, 0.15) is 0 Å². The van der Waals surface area contributed by atoms with Crippen LogP contribution in [0.25, 0.3) is 0 Å². The average molecular weight is 260 g/mol. The molecule has 4 nitrogen and oxygen atoms in total. The minimum absolute atomic E-state index is 0.268. The number of anilines is 1. The van der Waals surface area contributed by atoms with Crippen LogP contribution in [-0.2, 0) is 0 Å². The molecule has 2 aliphatic rings. The molecule has 0 radical (unpaired) electrons. The van der Waals surface area contributed by atoms with Gasteiger partial charge in [0.25, 0.3) is 0 Å². The van der Waals surface area contributed by atoms with Crippen LogP contribution in [-0.4, -0.2) is 29.1 Å². The Kier molecular flexibility index (Phi) is 3.44. The number of rotatable bonds is 1. The van der Waals surface area contributed by atoms with Crippen molar-refractivity contribution in [1.82, 2.24) is 9.97 Å². The van der Waals surface area contributed by atoms with E-state index in [0.29, 0.717) is 11.8 Å². The number of nitrogens with two attached hydrogens (primary N) is 1. The lowest BCUT2D eigenvalue weighted by Crippen LogP contribution is -2.43. The fourth-order valence-electron chi connectivity index (χ4n) is 3.31. The van der Waals surface area contributed by atoms with Crippen molar-refractivity contribution in [2.75, 3.05) is 18.0 Å². The lowest BCUT2D eigenvalue weighted by atomic mass is 9.82. The van der Waals surface area contributed by atoms with Crippen LogP contribution >= 0.6 is 0 Å². The van der Waals surface area contributed by atoms with Crippen molar-refractivity contribution in [1.29, 1.82) is 0 Å². The second kappa shape index (κ2) is 5.08. The predicted molar refractivity (Wildman–Crippen MR) is 77.5 cm³/mol. The highest BCUT2D eigenvalue weighted by Gasteiger charge is 2.26. The standard InChI is InChI=1S/C15H24N4/c1-10-5-6-11(2)14-13(10)8-17-15(18-14)19-7-3-4-12(16)9-19/h8,10-12H,3-7,9,16H2,1-2H3. The molecule has 0 spiro atoms. The van der Waals surface area contributed by atoms with Gasteiger partial charge in [0.15, 0.2) is 0 Å². The van der Waals surface area contributed by atoms with Gasteiger partial charge >= 0.3 is 0 Å². The molecule has 1 fully saturated rings. The number of hydrogen-bond acceptors (Lipinski definition) is 4. The zero-order chi connectivity index (χ0) is 13.4. The van der Waals surface area contributed by atoms with Crippen molar-refractivity contribution in [3.8, 4) is 0 Å². The molecule has 1 aliphatic carbocycles. The van der Waals surface area contributed by atoms with E-state index in [0.717, 1.165) is 31.9 Å². The Hall–Kier alpha value is -1.16. The van der Waals surface area contributed by atoms with Gasteiger partial charge in [-0.2, -0.15) is 0 Å². The minimum Gasteiger partial charge on any atom is -0.339 e. The zero-order valence-corrected chi connectivity index (χ0v) is 12.0. The molecule has 3 atom stereocenters. The Morgan fingerprint density at radius 2 is 2.00 bits per heavy atom. The molecule has 1 saturated heterocycles. The molecule has 3 rings (SSSR count). The van der Waals surface area contributed by atoms with E-state index >= 15 is 0 Å². The summed E-state index contributed by atoms with van der Waals surface area (Å²) in [6, 6.07) is 0.268. The van der Waals surface area contributed by atoms with Crippen molar-refractivity contribution in [3.05, 3.63) is 17.5 Å². The molecule has 104 valence electrons. The van der Waals surface area contributed by atoms with Gasteiger partial charge in [-0.05, 0) is 43.1 Å². The van der Waals surface area contributed by atoms with Gasteiger partial charge in [0.2, 0.25) is 5.95 Å². The van der Waals surface area contributed by atoms with Gasteiger partial charge in [-0.1, -0.05) is 13.8 Å². The first-order valence-corrected chi connectivity index (χ1v) is 7.52. The van der Waals surface area contributed by atoms with E-state index in [1.54, 1.807) is 0 Å². The molecule has 4 heteroatoms. The van der Waals surface area contributed by atoms with Crippen molar-refractivity contribution < 1.29 is 0 Å². The Morgan fingerprint density at radius 3 is 2.79 bits per heavy atom. The third kappa shape index (κ3) is 2.46. The van der Waals surface area contributed by atoms with E-state index in [1.165, 1.54) is 24.1 Å². The Morgan fingerprint density at radius 1 is 1.21 bits per heavy atom. The molecule has 0 aromatic carbocycles. The van der Waals surface area contributed by atoms with Crippen LogP contribution in [0.5, 0.6) is 0 Å². The molecule has 2 N–H and O–H groups in total. The highest BCUT2D eigenvalue weighted by Crippen LogP contribution is 2.37. The van der Waals surface area contributed by atoms with Gasteiger partial charge < -0.3 is 10.6 Å². The van der Waals surface area contributed by atoms with E-state index in [-0.39, 0.29) is 6.04 Å². The molecule has 0 saturated carbocycles. The summed E-state index contributed by atoms with van der Waals surface area (Å²) in [4.78, 5) is 11.7. The maximum Gasteiger partial charge on any atom is 0.225 e. The normalized spacial score (nSPS) is 31.1. The first-order valence-electron chi connectivity index (χ1n) is 7.52. The van der Waals surface area contributed by atoms with E-state index in [2.05, 4.69) is 29.9 Å².